The van der Waals surface area contributed by atoms with Gasteiger partial charge in [-0.15, -0.1) is 0 Å². The van der Waals surface area contributed by atoms with Gasteiger partial charge in [-0.25, -0.2) is 9.78 Å². The van der Waals surface area contributed by atoms with Gasteiger partial charge in [0.2, 0.25) is 0 Å². The third-order valence-corrected chi connectivity index (χ3v) is 6.24. The predicted molar refractivity (Wildman–Crippen MR) is 80.3 cm³/mol. The van der Waals surface area contributed by atoms with Crippen molar-refractivity contribution in [2.24, 2.45) is 29.6 Å². The molecule has 3 nitrogen and oxygen atoms in total. The van der Waals surface area contributed by atoms with Gasteiger partial charge in [0.05, 0.1) is 6.10 Å². The first kappa shape index (κ1) is 14.2. The van der Waals surface area contributed by atoms with Gasteiger partial charge in [-0.3, -0.25) is 0 Å². The molecule has 4 aliphatic carbocycles. The van der Waals surface area contributed by atoms with Crippen LogP contribution in [-0.2, 0) is 14.5 Å². The van der Waals surface area contributed by atoms with Gasteiger partial charge in [-0.05, 0) is 88.0 Å². The summed E-state index contributed by atoms with van der Waals surface area (Å²) in [5.41, 5.74) is 1.02. The monoisotopic (exact) mass is 292 g/mol. The Balaban J connectivity index is 1.61. The van der Waals surface area contributed by atoms with Gasteiger partial charge in [0.1, 0.15) is 6.10 Å². The normalized spacial score (nSPS) is 51.1. The Morgan fingerprint density at radius 3 is 2.10 bits per heavy atom. The number of ether oxygens (including phenoxy) is 1. The molecule has 5 fully saturated rings. The Morgan fingerprint density at radius 2 is 1.57 bits per heavy atom. The summed E-state index contributed by atoms with van der Waals surface area (Å²) in [6, 6.07) is 0. The van der Waals surface area contributed by atoms with E-state index in [4.69, 9.17) is 14.5 Å². The van der Waals surface area contributed by atoms with Gasteiger partial charge in [0, 0.05) is 0 Å². The summed E-state index contributed by atoms with van der Waals surface area (Å²) in [5.74, 6) is 3.60. The molecule has 1 heterocycles. The van der Waals surface area contributed by atoms with E-state index in [1.807, 2.05) is 20.8 Å². The highest BCUT2D eigenvalue weighted by molar-refractivity contribution is 5.09. The van der Waals surface area contributed by atoms with Crippen molar-refractivity contribution in [1.29, 1.82) is 0 Å². The van der Waals surface area contributed by atoms with E-state index in [0.29, 0.717) is 5.92 Å². The lowest BCUT2D eigenvalue weighted by molar-refractivity contribution is -0.493. The molecule has 1 aliphatic heterocycles. The van der Waals surface area contributed by atoms with Crippen LogP contribution in [0.25, 0.3) is 0 Å². The molecule has 0 spiro atoms. The van der Waals surface area contributed by atoms with Crippen molar-refractivity contribution in [3.05, 3.63) is 12.2 Å². The van der Waals surface area contributed by atoms with E-state index < -0.39 is 5.79 Å². The maximum absolute atomic E-state index is 6.37. The van der Waals surface area contributed by atoms with Gasteiger partial charge in [0.25, 0.3) is 0 Å². The predicted octanol–water partition coefficient (Wildman–Crippen LogP) is 4.09. The topological polar surface area (TPSA) is 27.7 Å². The Morgan fingerprint density at radius 1 is 1.00 bits per heavy atom. The molecular weight excluding hydrogens is 264 g/mol. The zero-order valence-electron chi connectivity index (χ0n) is 13.5. The molecule has 0 N–H and O–H groups in total. The Labute approximate surface area is 128 Å². The highest BCUT2D eigenvalue weighted by Gasteiger charge is 2.55. The van der Waals surface area contributed by atoms with Crippen LogP contribution in [0.15, 0.2) is 12.2 Å². The highest BCUT2D eigenvalue weighted by Crippen LogP contribution is 2.58. The van der Waals surface area contributed by atoms with Crippen molar-refractivity contribution >= 4 is 0 Å². The van der Waals surface area contributed by atoms with E-state index in [1.165, 1.54) is 32.1 Å². The van der Waals surface area contributed by atoms with Crippen molar-refractivity contribution in [2.75, 3.05) is 0 Å². The van der Waals surface area contributed by atoms with Gasteiger partial charge < -0.3 is 4.74 Å². The largest absolute Gasteiger partial charge is 0.341 e. The molecule has 118 valence electrons. The van der Waals surface area contributed by atoms with Crippen molar-refractivity contribution in [3.8, 4) is 0 Å². The standard InChI is InChI=1S/C18H28O3/c1-10(2)16-17(19-18(3,4)21-20-16)15-13-6-11-5-12(8-13)9-14(15)7-11/h11-17H,1,5-9H2,2-4H3/t11?,12?,13?,14?,15?,16-,17-/m0/s1. The molecule has 0 unspecified atom stereocenters. The van der Waals surface area contributed by atoms with Gasteiger partial charge in [-0.2, -0.15) is 0 Å². The molecule has 21 heavy (non-hydrogen) atoms. The number of rotatable bonds is 2. The molecule has 1 saturated heterocycles. The molecule has 4 saturated carbocycles. The van der Waals surface area contributed by atoms with E-state index in [9.17, 15) is 0 Å². The van der Waals surface area contributed by atoms with Crippen LogP contribution in [0.1, 0.15) is 52.9 Å². The fourth-order valence-corrected chi connectivity index (χ4v) is 5.78. The van der Waals surface area contributed by atoms with Crippen LogP contribution in [-0.4, -0.2) is 18.0 Å². The lowest BCUT2D eigenvalue weighted by Gasteiger charge is -2.58. The molecule has 2 atom stereocenters. The summed E-state index contributed by atoms with van der Waals surface area (Å²) < 4.78 is 6.37. The summed E-state index contributed by atoms with van der Waals surface area (Å²) >= 11 is 0. The summed E-state index contributed by atoms with van der Waals surface area (Å²) in [5, 5.41) is 0. The van der Waals surface area contributed by atoms with E-state index in [-0.39, 0.29) is 12.2 Å². The Kier molecular flexibility index (Phi) is 3.26. The molecule has 0 aromatic heterocycles. The highest BCUT2D eigenvalue weighted by atomic mass is 17.2. The fourth-order valence-electron chi connectivity index (χ4n) is 5.78. The van der Waals surface area contributed by atoms with Crippen LogP contribution in [0.2, 0.25) is 0 Å². The SMILES string of the molecule is C=C(C)[C@@H]1OOC(C)(C)O[C@H]1C1C2CC3CC(C2)CC1C3. The zero-order chi connectivity index (χ0) is 14.8. The lowest BCUT2D eigenvalue weighted by atomic mass is 9.50. The first-order valence-corrected chi connectivity index (χ1v) is 8.60. The molecule has 4 bridgehead atoms. The number of hydrogen-bond acceptors (Lipinski definition) is 3. The molecule has 5 aliphatic rings. The molecule has 5 rings (SSSR count). The second-order valence-electron chi connectivity index (χ2n) is 8.44. The molecule has 0 aromatic carbocycles. The summed E-state index contributed by atoms with van der Waals surface area (Å²) in [4.78, 5) is 11.1. The van der Waals surface area contributed by atoms with Crippen LogP contribution >= 0.6 is 0 Å². The maximum Gasteiger partial charge on any atom is 0.196 e. The molecule has 0 amide bonds. The second kappa shape index (κ2) is 4.81. The summed E-state index contributed by atoms with van der Waals surface area (Å²) in [7, 11) is 0. The van der Waals surface area contributed by atoms with Crippen molar-refractivity contribution in [3.63, 3.8) is 0 Å². The van der Waals surface area contributed by atoms with Crippen molar-refractivity contribution < 1.29 is 14.5 Å². The van der Waals surface area contributed by atoms with Crippen molar-refractivity contribution in [1.82, 2.24) is 0 Å². The minimum absolute atomic E-state index is 0.111. The smallest absolute Gasteiger partial charge is 0.196 e. The summed E-state index contributed by atoms with van der Waals surface area (Å²) in [6.07, 6.45) is 7.11. The second-order valence-corrected chi connectivity index (χ2v) is 8.44. The third-order valence-electron chi connectivity index (χ3n) is 6.24. The van der Waals surface area contributed by atoms with E-state index in [2.05, 4.69) is 6.58 Å². The third kappa shape index (κ3) is 2.38. The van der Waals surface area contributed by atoms with Gasteiger partial charge in [0.15, 0.2) is 5.79 Å². The molecular formula is C18H28O3. The maximum atomic E-state index is 6.37. The van der Waals surface area contributed by atoms with E-state index in [0.717, 1.165) is 29.2 Å². The fraction of sp³-hybridized carbons (Fsp3) is 0.889. The van der Waals surface area contributed by atoms with Crippen LogP contribution in [0.4, 0.5) is 0 Å². The average Bonchev–Trinajstić information content (AvgIpc) is 2.35. The molecule has 0 radical (unpaired) electrons. The lowest BCUT2D eigenvalue weighted by Crippen LogP contribution is -2.58. The first-order chi connectivity index (χ1) is 9.93. The van der Waals surface area contributed by atoms with E-state index >= 15 is 0 Å². The minimum atomic E-state index is -0.648. The van der Waals surface area contributed by atoms with Crippen LogP contribution in [0.3, 0.4) is 0 Å². The molecule has 0 aromatic rings. The van der Waals surface area contributed by atoms with E-state index in [1.54, 1.807) is 0 Å². The Hall–Kier alpha value is -0.380. The summed E-state index contributed by atoms with van der Waals surface area (Å²) in [6.45, 7) is 10.0. The van der Waals surface area contributed by atoms with Crippen LogP contribution < -0.4 is 0 Å². The van der Waals surface area contributed by atoms with Crippen LogP contribution in [0, 0.1) is 29.6 Å². The first-order valence-electron chi connectivity index (χ1n) is 8.60. The quantitative estimate of drug-likeness (QED) is 0.567. The van der Waals surface area contributed by atoms with Gasteiger partial charge >= 0.3 is 0 Å². The molecule has 3 heteroatoms. The Bertz CT molecular complexity index is 414. The van der Waals surface area contributed by atoms with Gasteiger partial charge in [-0.1, -0.05) is 6.58 Å². The number of hydrogen-bond donors (Lipinski definition) is 0. The zero-order valence-corrected chi connectivity index (χ0v) is 13.5. The van der Waals surface area contributed by atoms with Crippen LogP contribution in [0.5, 0.6) is 0 Å². The minimum Gasteiger partial charge on any atom is -0.341 e. The van der Waals surface area contributed by atoms with Crippen molar-refractivity contribution in [2.45, 2.75) is 70.9 Å². The average molecular weight is 292 g/mol.